The number of ether oxygens (including phenoxy) is 2. The number of hydrogen-bond acceptors (Lipinski definition) is 6. The summed E-state index contributed by atoms with van der Waals surface area (Å²) in [6.45, 7) is 4.98. The number of hydrogen-bond donors (Lipinski definition) is 2. The third-order valence-corrected chi connectivity index (χ3v) is 4.60. The largest absolute Gasteiger partial charge is 0.486 e. The Bertz CT molecular complexity index is 897. The first kappa shape index (κ1) is 19.5. The summed E-state index contributed by atoms with van der Waals surface area (Å²) in [4.78, 5) is 23.5. The van der Waals surface area contributed by atoms with Gasteiger partial charge in [-0.1, -0.05) is 19.9 Å². The highest BCUT2D eigenvalue weighted by Gasteiger charge is 2.23. The van der Waals surface area contributed by atoms with Crippen LogP contribution in [0.5, 0.6) is 11.5 Å². The summed E-state index contributed by atoms with van der Waals surface area (Å²) in [6.07, 6.45) is 0. The van der Waals surface area contributed by atoms with Crippen LogP contribution in [0.3, 0.4) is 0 Å². The van der Waals surface area contributed by atoms with Crippen molar-refractivity contribution in [2.75, 3.05) is 25.6 Å². The van der Waals surface area contributed by atoms with E-state index in [2.05, 4.69) is 10.6 Å². The molecular weight excluding hydrogens is 362 g/mol. The van der Waals surface area contributed by atoms with Crippen molar-refractivity contribution in [2.45, 2.75) is 19.9 Å². The Hall–Kier alpha value is -3.29. The van der Waals surface area contributed by atoms with E-state index < -0.39 is 4.92 Å². The molecule has 1 aliphatic heterocycles. The molecule has 3 rings (SSSR count). The van der Waals surface area contributed by atoms with Crippen LogP contribution in [-0.2, 0) is 0 Å². The summed E-state index contributed by atoms with van der Waals surface area (Å²) in [5, 5.41) is 17.0. The third kappa shape index (κ3) is 4.00. The van der Waals surface area contributed by atoms with Crippen LogP contribution in [0, 0.1) is 16.0 Å². The Kier molecular flexibility index (Phi) is 5.67. The number of rotatable bonds is 6. The minimum Gasteiger partial charge on any atom is -0.486 e. The van der Waals surface area contributed by atoms with E-state index in [-0.39, 0.29) is 29.1 Å². The van der Waals surface area contributed by atoms with E-state index in [9.17, 15) is 14.9 Å². The van der Waals surface area contributed by atoms with Crippen LogP contribution < -0.4 is 20.1 Å². The lowest BCUT2D eigenvalue weighted by molar-refractivity contribution is -0.384. The van der Waals surface area contributed by atoms with E-state index in [0.717, 1.165) is 5.56 Å². The van der Waals surface area contributed by atoms with E-state index in [1.807, 2.05) is 32.0 Å². The first-order chi connectivity index (χ1) is 13.4. The maximum Gasteiger partial charge on any atom is 0.293 e. The molecule has 1 aliphatic rings. The zero-order valence-electron chi connectivity index (χ0n) is 16.0. The molecule has 28 heavy (non-hydrogen) atoms. The van der Waals surface area contributed by atoms with Crippen molar-refractivity contribution in [1.82, 2.24) is 5.32 Å². The summed E-state index contributed by atoms with van der Waals surface area (Å²) in [5.74, 6) is 1.05. The molecule has 0 saturated carbocycles. The molecule has 0 unspecified atom stereocenters. The number of nitrogens with one attached hydrogen (secondary N) is 2. The van der Waals surface area contributed by atoms with Crippen molar-refractivity contribution >= 4 is 17.3 Å². The third-order valence-electron chi connectivity index (χ3n) is 4.60. The van der Waals surface area contributed by atoms with Gasteiger partial charge < -0.3 is 20.1 Å². The number of nitrogens with zero attached hydrogens (tertiary/aromatic N) is 1. The number of nitro groups is 1. The van der Waals surface area contributed by atoms with Gasteiger partial charge in [-0.2, -0.15) is 0 Å². The summed E-state index contributed by atoms with van der Waals surface area (Å²) in [5.41, 5.74) is 1.33. The maximum absolute atomic E-state index is 12.8. The van der Waals surface area contributed by atoms with Crippen LogP contribution in [0.4, 0.5) is 11.4 Å². The number of benzene rings is 2. The Morgan fingerprint density at radius 1 is 1.11 bits per heavy atom. The van der Waals surface area contributed by atoms with Gasteiger partial charge in [-0.15, -0.1) is 0 Å². The van der Waals surface area contributed by atoms with Gasteiger partial charge in [0.05, 0.1) is 11.0 Å². The summed E-state index contributed by atoms with van der Waals surface area (Å²) < 4.78 is 11.2. The molecule has 8 nitrogen and oxygen atoms in total. The second-order valence-corrected chi connectivity index (χ2v) is 6.84. The number of amides is 1. The normalized spacial score (nSPS) is 13.7. The van der Waals surface area contributed by atoms with E-state index in [1.165, 1.54) is 12.1 Å². The van der Waals surface area contributed by atoms with Crippen LogP contribution in [0.1, 0.15) is 35.8 Å². The fourth-order valence-electron chi connectivity index (χ4n) is 3.15. The SMILES string of the molecule is CNc1ccc(C(=O)N[C@@H](c2ccc3c(c2)OCCO3)C(C)C)cc1[N+](=O)[O-]. The molecule has 148 valence electrons. The van der Waals surface area contributed by atoms with E-state index in [0.29, 0.717) is 30.4 Å². The number of fused-ring (bicyclic) bond motifs is 1. The zero-order valence-corrected chi connectivity index (χ0v) is 16.0. The molecule has 2 aromatic rings. The summed E-state index contributed by atoms with van der Waals surface area (Å²) >= 11 is 0. The van der Waals surface area contributed by atoms with Crippen LogP contribution in [0.15, 0.2) is 36.4 Å². The topological polar surface area (TPSA) is 103 Å². The minimum atomic E-state index is -0.511. The Labute approximate surface area is 163 Å². The van der Waals surface area contributed by atoms with Gasteiger partial charge in [0, 0.05) is 18.7 Å². The van der Waals surface area contributed by atoms with E-state index in [1.54, 1.807) is 13.1 Å². The lowest BCUT2D eigenvalue weighted by Gasteiger charge is -2.25. The van der Waals surface area contributed by atoms with E-state index >= 15 is 0 Å². The number of anilines is 1. The number of carbonyl (C=O) groups is 1. The molecule has 0 saturated heterocycles. The van der Waals surface area contributed by atoms with Gasteiger partial charge in [0.1, 0.15) is 18.9 Å². The monoisotopic (exact) mass is 385 g/mol. The van der Waals surface area contributed by atoms with Gasteiger partial charge in [0.2, 0.25) is 0 Å². The smallest absolute Gasteiger partial charge is 0.293 e. The molecule has 2 N–H and O–H groups in total. The fourth-order valence-corrected chi connectivity index (χ4v) is 3.15. The molecule has 1 amide bonds. The van der Waals surface area contributed by atoms with Crippen molar-refractivity contribution in [3.05, 3.63) is 57.6 Å². The highest BCUT2D eigenvalue weighted by Crippen LogP contribution is 2.34. The maximum atomic E-state index is 12.8. The first-order valence-electron chi connectivity index (χ1n) is 9.07. The molecule has 0 fully saturated rings. The molecule has 0 spiro atoms. The molecule has 1 heterocycles. The zero-order chi connectivity index (χ0) is 20.3. The highest BCUT2D eigenvalue weighted by atomic mass is 16.6. The van der Waals surface area contributed by atoms with Crippen LogP contribution >= 0.6 is 0 Å². The standard InChI is InChI=1S/C20H23N3O5/c1-12(2)19(13-5-7-17-18(11-13)28-9-8-27-17)22-20(24)14-4-6-15(21-3)16(10-14)23(25)26/h4-7,10-12,19,21H,8-9H2,1-3H3,(H,22,24)/t19-/m1/s1. The minimum absolute atomic E-state index is 0.0954. The lowest BCUT2D eigenvalue weighted by Crippen LogP contribution is -2.32. The Morgan fingerprint density at radius 2 is 1.82 bits per heavy atom. The van der Waals surface area contributed by atoms with Gasteiger partial charge in [-0.25, -0.2) is 0 Å². The molecule has 1 atom stereocenters. The molecule has 0 aromatic heterocycles. The second-order valence-electron chi connectivity index (χ2n) is 6.84. The molecule has 2 aromatic carbocycles. The van der Waals surface area contributed by atoms with Crippen molar-refractivity contribution in [3.8, 4) is 11.5 Å². The van der Waals surface area contributed by atoms with E-state index in [4.69, 9.17) is 9.47 Å². The molecule has 0 radical (unpaired) electrons. The lowest BCUT2D eigenvalue weighted by atomic mass is 9.95. The average molecular weight is 385 g/mol. The highest BCUT2D eigenvalue weighted by molar-refractivity contribution is 5.96. The van der Waals surface area contributed by atoms with Gasteiger partial charge in [0.15, 0.2) is 11.5 Å². The quantitative estimate of drug-likeness (QED) is 0.582. The summed E-state index contributed by atoms with van der Waals surface area (Å²) in [7, 11) is 1.60. The fraction of sp³-hybridized carbons (Fsp3) is 0.350. The average Bonchev–Trinajstić information content (AvgIpc) is 2.70. The molecule has 8 heteroatoms. The molecule has 0 aliphatic carbocycles. The van der Waals surface area contributed by atoms with Crippen molar-refractivity contribution < 1.29 is 19.2 Å². The predicted octanol–water partition coefficient (Wildman–Crippen LogP) is 3.53. The van der Waals surface area contributed by atoms with Crippen molar-refractivity contribution in [1.29, 1.82) is 0 Å². The number of nitro benzene ring substituents is 1. The van der Waals surface area contributed by atoms with Crippen LogP contribution in [-0.4, -0.2) is 31.1 Å². The van der Waals surface area contributed by atoms with Crippen molar-refractivity contribution in [2.24, 2.45) is 5.92 Å². The predicted molar refractivity (Wildman–Crippen MR) is 105 cm³/mol. The van der Waals surface area contributed by atoms with Crippen LogP contribution in [0.25, 0.3) is 0 Å². The van der Waals surface area contributed by atoms with Crippen molar-refractivity contribution in [3.63, 3.8) is 0 Å². The van der Waals surface area contributed by atoms with Gasteiger partial charge in [-0.3, -0.25) is 14.9 Å². The molecular formula is C20H23N3O5. The second kappa shape index (κ2) is 8.16. The van der Waals surface area contributed by atoms with Crippen LogP contribution in [0.2, 0.25) is 0 Å². The Balaban J connectivity index is 1.86. The van der Waals surface area contributed by atoms with Gasteiger partial charge >= 0.3 is 0 Å². The summed E-state index contributed by atoms with van der Waals surface area (Å²) in [6, 6.07) is 9.68. The first-order valence-corrected chi connectivity index (χ1v) is 9.07. The van der Waals surface area contributed by atoms with Gasteiger partial charge in [-0.05, 0) is 35.7 Å². The Morgan fingerprint density at radius 3 is 2.46 bits per heavy atom. The molecule has 0 bridgehead atoms. The van der Waals surface area contributed by atoms with Gasteiger partial charge in [0.25, 0.3) is 11.6 Å². The number of carbonyl (C=O) groups excluding carboxylic acids is 1.